The fourth-order valence-electron chi connectivity index (χ4n) is 1.83. The average Bonchev–Trinajstić information content (AvgIpc) is 2.38. The molecule has 4 heteroatoms. The topological polar surface area (TPSA) is 41.1 Å². The fraction of sp³-hybridized carbons (Fsp3) is 0.500. The number of hydrogen-bond donors (Lipinski definition) is 2. The number of nitrogens with one attached hydrogen (secondary N) is 2. The lowest BCUT2D eigenvalue weighted by Crippen LogP contribution is -2.36. The van der Waals surface area contributed by atoms with Gasteiger partial charge in [0.15, 0.2) is 0 Å². The predicted octanol–water partition coefficient (Wildman–Crippen LogP) is 2.35. The molecule has 0 heterocycles. The van der Waals surface area contributed by atoms with E-state index in [4.69, 9.17) is 0 Å². The minimum Gasteiger partial charge on any atom is -0.355 e. The van der Waals surface area contributed by atoms with Crippen LogP contribution in [0.5, 0.6) is 0 Å². The molecule has 0 bridgehead atoms. The Balaban J connectivity index is 2.37. The van der Waals surface area contributed by atoms with Gasteiger partial charge in [0.25, 0.3) is 0 Å². The SMILES string of the molecule is CCC(CNC)C(=O)NCCc1ccccc1Br. The molecule has 0 aliphatic rings. The third kappa shape index (κ3) is 4.78. The van der Waals surface area contributed by atoms with Crippen molar-refractivity contribution in [2.24, 2.45) is 5.92 Å². The second-order valence-corrected chi connectivity index (χ2v) is 5.15. The Bertz CT molecular complexity index is 382. The van der Waals surface area contributed by atoms with Gasteiger partial charge in [-0.3, -0.25) is 4.79 Å². The second-order valence-electron chi connectivity index (χ2n) is 4.30. The summed E-state index contributed by atoms with van der Waals surface area (Å²) in [6.07, 6.45) is 1.71. The van der Waals surface area contributed by atoms with Crippen molar-refractivity contribution in [1.29, 1.82) is 0 Å². The summed E-state index contributed by atoms with van der Waals surface area (Å²) in [6, 6.07) is 8.10. The van der Waals surface area contributed by atoms with Crippen molar-refractivity contribution in [1.82, 2.24) is 10.6 Å². The summed E-state index contributed by atoms with van der Waals surface area (Å²) in [7, 11) is 1.87. The molecular weight excluding hydrogens is 292 g/mol. The first kappa shape index (κ1) is 15.2. The summed E-state index contributed by atoms with van der Waals surface area (Å²) in [4.78, 5) is 11.9. The van der Waals surface area contributed by atoms with Crippen molar-refractivity contribution >= 4 is 21.8 Å². The molecule has 1 rings (SSSR count). The van der Waals surface area contributed by atoms with Crippen LogP contribution in [0.1, 0.15) is 18.9 Å². The van der Waals surface area contributed by atoms with Crippen molar-refractivity contribution in [3.8, 4) is 0 Å². The van der Waals surface area contributed by atoms with Crippen LogP contribution in [-0.4, -0.2) is 26.0 Å². The van der Waals surface area contributed by atoms with E-state index in [2.05, 4.69) is 32.6 Å². The highest BCUT2D eigenvalue weighted by molar-refractivity contribution is 9.10. The summed E-state index contributed by atoms with van der Waals surface area (Å²) in [5.74, 6) is 0.202. The standard InChI is InChI=1S/C14H21BrN2O/c1-3-11(10-16-2)14(18)17-9-8-12-6-4-5-7-13(12)15/h4-7,11,16H,3,8-10H2,1-2H3,(H,17,18). The van der Waals surface area contributed by atoms with Gasteiger partial charge in [-0.2, -0.15) is 0 Å². The summed E-state index contributed by atoms with van der Waals surface area (Å²) in [5, 5.41) is 6.04. The smallest absolute Gasteiger partial charge is 0.224 e. The van der Waals surface area contributed by atoms with E-state index >= 15 is 0 Å². The fourth-order valence-corrected chi connectivity index (χ4v) is 2.32. The molecule has 2 N–H and O–H groups in total. The van der Waals surface area contributed by atoms with E-state index in [0.717, 1.165) is 23.9 Å². The normalized spacial score (nSPS) is 12.2. The van der Waals surface area contributed by atoms with Gasteiger partial charge in [-0.05, 0) is 31.5 Å². The van der Waals surface area contributed by atoms with Gasteiger partial charge in [0.05, 0.1) is 5.92 Å². The Labute approximate surface area is 117 Å². The van der Waals surface area contributed by atoms with Crippen LogP contribution in [0.3, 0.4) is 0 Å². The number of rotatable bonds is 7. The molecule has 0 fully saturated rings. The highest BCUT2D eigenvalue weighted by atomic mass is 79.9. The Kier molecular flexibility index (Phi) is 6.98. The Morgan fingerprint density at radius 1 is 1.39 bits per heavy atom. The molecule has 0 aliphatic heterocycles. The van der Waals surface area contributed by atoms with Gasteiger partial charge >= 0.3 is 0 Å². The maximum atomic E-state index is 11.9. The number of benzene rings is 1. The summed E-state index contributed by atoms with van der Waals surface area (Å²) in [5.41, 5.74) is 1.22. The van der Waals surface area contributed by atoms with Crippen molar-refractivity contribution in [3.63, 3.8) is 0 Å². The largest absolute Gasteiger partial charge is 0.355 e. The molecule has 1 amide bonds. The van der Waals surface area contributed by atoms with Gasteiger partial charge in [-0.25, -0.2) is 0 Å². The van der Waals surface area contributed by atoms with Crippen molar-refractivity contribution in [2.45, 2.75) is 19.8 Å². The molecule has 1 atom stereocenters. The van der Waals surface area contributed by atoms with Crippen LogP contribution >= 0.6 is 15.9 Å². The lowest BCUT2D eigenvalue weighted by molar-refractivity contribution is -0.124. The first-order chi connectivity index (χ1) is 8.69. The van der Waals surface area contributed by atoms with Crippen LogP contribution in [0.2, 0.25) is 0 Å². The van der Waals surface area contributed by atoms with E-state index in [1.54, 1.807) is 0 Å². The molecule has 1 unspecified atom stereocenters. The molecule has 1 aromatic rings. The third-order valence-electron chi connectivity index (χ3n) is 2.97. The molecule has 0 radical (unpaired) electrons. The quantitative estimate of drug-likeness (QED) is 0.811. The maximum Gasteiger partial charge on any atom is 0.224 e. The zero-order valence-corrected chi connectivity index (χ0v) is 12.6. The zero-order valence-electron chi connectivity index (χ0n) is 11.0. The van der Waals surface area contributed by atoms with Gasteiger partial charge in [-0.1, -0.05) is 41.1 Å². The molecule has 18 heavy (non-hydrogen) atoms. The van der Waals surface area contributed by atoms with E-state index in [1.807, 2.05) is 32.2 Å². The molecule has 0 aliphatic carbocycles. The summed E-state index contributed by atoms with van der Waals surface area (Å²) in [6.45, 7) is 3.45. The minimum absolute atomic E-state index is 0.0641. The molecule has 0 aromatic heterocycles. The van der Waals surface area contributed by atoms with Crippen LogP contribution in [0.15, 0.2) is 28.7 Å². The van der Waals surface area contributed by atoms with Crippen molar-refractivity contribution in [3.05, 3.63) is 34.3 Å². The van der Waals surface area contributed by atoms with E-state index in [-0.39, 0.29) is 11.8 Å². The number of carbonyl (C=O) groups excluding carboxylic acids is 1. The molecule has 100 valence electrons. The van der Waals surface area contributed by atoms with Gasteiger partial charge in [0.2, 0.25) is 5.91 Å². The zero-order chi connectivity index (χ0) is 13.4. The molecule has 3 nitrogen and oxygen atoms in total. The maximum absolute atomic E-state index is 11.9. The lowest BCUT2D eigenvalue weighted by Gasteiger charge is -2.14. The lowest BCUT2D eigenvalue weighted by atomic mass is 10.1. The summed E-state index contributed by atoms with van der Waals surface area (Å²) < 4.78 is 1.10. The van der Waals surface area contributed by atoms with Crippen LogP contribution in [0, 0.1) is 5.92 Å². The molecular formula is C14H21BrN2O. The molecule has 0 saturated heterocycles. The van der Waals surface area contributed by atoms with Crippen LogP contribution in [0.4, 0.5) is 0 Å². The Hall–Kier alpha value is -0.870. The number of carbonyl (C=O) groups is 1. The van der Waals surface area contributed by atoms with Gasteiger partial charge in [-0.15, -0.1) is 0 Å². The van der Waals surface area contributed by atoms with E-state index < -0.39 is 0 Å². The molecule has 0 spiro atoms. The minimum atomic E-state index is 0.0641. The monoisotopic (exact) mass is 312 g/mol. The van der Waals surface area contributed by atoms with E-state index in [0.29, 0.717) is 6.54 Å². The van der Waals surface area contributed by atoms with Gasteiger partial charge in [0, 0.05) is 17.6 Å². The number of halogens is 1. The van der Waals surface area contributed by atoms with E-state index in [9.17, 15) is 4.79 Å². The van der Waals surface area contributed by atoms with Gasteiger partial charge in [0.1, 0.15) is 0 Å². The summed E-state index contributed by atoms with van der Waals surface area (Å²) >= 11 is 3.51. The third-order valence-corrected chi connectivity index (χ3v) is 3.74. The Morgan fingerprint density at radius 2 is 2.11 bits per heavy atom. The second kappa shape index (κ2) is 8.27. The van der Waals surface area contributed by atoms with Crippen molar-refractivity contribution < 1.29 is 4.79 Å². The number of amides is 1. The Morgan fingerprint density at radius 3 is 2.72 bits per heavy atom. The van der Waals surface area contributed by atoms with Crippen LogP contribution < -0.4 is 10.6 Å². The molecule has 0 saturated carbocycles. The first-order valence-corrected chi connectivity index (χ1v) is 7.14. The van der Waals surface area contributed by atoms with Crippen molar-refractivity contribution in [2.75, 3.05) is 20.1 Å². The highest BCUT2D eigenvalue weighted by Gasteiger charge is 2.14. The highest BCUT2D eigenvalue weighted by Crippen LogP contribution is 2.15. The van der Waals surface area contributed by atoms with Gasteiger partial charge < -0.3 is 10.6 Å². The average molecular weight is 313 g/mol. The van der Waals surface area contributed by atoms with Crippen LogP contribution in [-0.2, 0) is 11.2 Å². The molecule has 1 aromatic carbocycles. The van der Waals surface area contributed by atoms with E-state index in [1.165, 1.54) is 5.56 Å². The predicted molar refractivity (Wildman–Crippen MR) is 78.6 cm³/mol. The number of hydrogen-bond acceptors (Lipinski definition) is 2. The van der Waals surface area contributed by atoms with Crippen LogP contribution in [0.25, 0.3) is 0 Å². The first-order valence-electron chi connectivity index (χ1n) is 6.34.